The molecule has 0 atom stereocenters. The first kappa shape index (κ1) is 50.7. The van der Waals surface area contributed by atoms with Crippen molar-refractivity contribution in [2.24, 2.45) is 28.2 Å². The summed E-state index contributed by atoms with van der Waals surface area (Å²) < 4.78 is 9.13. The van der Waals surface area contributed by atoms with Gasteiger partial charge >= 0.3 is 52.4 Å². The van der Waals surface area contributed by atoms with E-state index < -0.39 is 0 Å². The zero-order valence-corrected chi connectivity index (χ0v) is 46.8. The molecule has 12 aromatic carbocycles. The molecular weight excluding hydrogens is 1080 g/mol. The molecular formula is C64H48Cl2N4Zr2-2. The van der Waals surface area contributed by atoms with Gasteiger partial charge in [-0.05, 0) is 67.9 Å². The predicted octanol–water partition coefficient (Wildman–Crippen LogP) is 10.8. The van der Waals surface area contributed by atoms with E-state index in [-0.39, 0.29) is 77.2 Å². The molecule has 16 rings (SSSR count). The minimum absolute atomic E-state index is 0. The number of benzene rings is 8. The topological polar surface area (TPSA) is 19.7 Å². The van der Waals surface area contributed by atoms with Crippen molar-refractivity contribution >= 4 is 130 Å². The van der Waals surface area contributed by atoms with E-state index in [4.69, 9.17) is 0 Å². The second-order valence-electron chi connectivity index (χ2n) is 18.3. The normalized spacial score (nSPS) is 11.2. The molecule has 16 aromatic rings. The molecule has 4 nitrogen and oxygen atoms in total. The molecule has 0 unspecified atom stereocenters. The average molecular weight is 1130 g/mol. The van der Waals surface area contributed by atoms with E-state index in [0.29, 0.717) is 0 Å². The van der Waals surface area contributed by atoms with Crippen LogP contribution in [0.4, 0.5) is 0 Å². The van der Waals surface area contributed by atoms with Crippen molar-refractivity contribution in [2.75, 3.05) is 0 Å². The number of hydrogen-bond acceptors (Lipinski definition) is 0. The minimum Gasteiger partial charge on any atom is -1.00 e. The van der Waals surface area contributed by atoms with Gasteiger partial charge in [0, 0.05) is 50.3 Å². The summed E-state index contributed by atoms with van der Waals surface area (Å²) >= 11 is 0. The van der Waals surface area contributed by atoms with Crippen LogP contribution in [0.3, 0.4) is 0 Å². The Labute approximate surface area is 468 Å². The molecule has 0 aliphatic carbocycles. The average Bonchev–Trinajstić information content (AvgIpc) is 4.28. The summed E-state index contributed by atoms with van der Waals surface area (Å²) in [6.45, 7) is 0. The maximum absolute atomic E-state index is 2.28. The van der Waals surface area contributed by atoms with Gasteiger partial charge in [-0.1, -0.05) is 119 Å². The van der Waals surface area contributed by atoms with E-state index in [1.54, 1.807) is 0 Å². The van der Waals surface area contributed by atoms with Gasteiger partial charge in [-0.2, -0.15) is 0 Å². The maximum Gasteiger partial charge on any atom is 2.00 e. The zero-order valence-electron chi connectivity index (χ0n) is 40.3. The van der Waals surface area contributed by atoms with Gasteiger partial charge < -0.3 is 43.1 Å². The SMILES string of the molecule is Cn1c2ccccc2c2c3ccccc3[cH-]c21.Cn1c2ccccc2c2c3ccccc3[cH-]c21.Cn1c2ccccc2c2c3ccccc3[cH-]c21.Cn1c2ccccc2c2c3ccccc3[cH-]c21.[Cl-].[Cl-].[Zr+2].[Zr+2]. The van der Waals surface area contributed by atoms with Crippen molar-refractivity contribution < 1.29 is 77.2 Å². The van der Waals surface area contributed by atoms with Crippen molar-refractivity contribution in [3.05, 3.63) is 218 Å². The summed E-state index contributed by atoms with van der Waals surface area (Å²) in [7, 11) is 8.57. The molecule has 0 bridgehead atoms. The Morgan fingerprint density at radius 1 is 0.236 bits per heavy atom. The van der Waals surface area contributed by atoms with E-state index in [1.165, 1.54) is 130 Å². The van der Waals surface area contributed by atoms with Gasteiger partial charge in [-0.3, -0.25) is 0 Å². The first-order valence-corrected chi connectivity index (χ1v) is 23.5. The van der Waals surface area contributed by atoms with Crippen LogP contribution in [0.5, 0.6) is 0 Å². The van der Waals surface area contributed by atoms with Crippen molar-refractivity contribution in [2.45, 2.75) is 0 Å². The Hall–Kier alpha value is -6.25. The van der Waals surface area contributed by atoms with Crippen LogP contribution in [0.2, 0.25) is 0 Å². The van der Waals surface area contributed by atoms with E-state index in [9.17, 15) is 0 Å². The summed E-state index contributed by atoms with van der Waals surface area (Å²) in [4.78, 5) is 0. The number of para-hydroxylation sites is 4. The van der Waals surface area contributed by atoms with Gasteiger partial charge in [-0.15, -0.1) is 140 Å². The third-order valence-electron chi connectivity index (χ3n) is 14.7. The molecule has 0 aliphatic heterocycles. The monoisotopic (exact) mass is 1120 g/mol. The quantitative estimate of drug-likeness (QED) is 0.135. The predicted molar refractivity (Wildman–Crippen MR) is 294 cm³/mol. The van der Waals surface area contributed by atoms with Crippen LogP contribution in [0.25, 0.3) is 130 Å². The second-order valence-corrected chi connectivity index (χ2v) is 18.3. The number of fused-ring (bicyclic) bond motifs is 20. The van der Waals surface area contributed by atoms with Crippen LogP contribution in [-0.4, -0.2) is 18.3 Å². The first-order chi connectivity index (χ1) is 33.4. The molecule has 0 N–H and O–H groups in total. The van der Waals surface area contributed by atoms with Crippen LogP contribution in [0, 0.1) is 0 Å². The van der Waals surface area contributed by atoms with Crippen molar-refractivity contribution in [3.8, 4) is 0 Å². The molecule has 0 aliphatic rings. The van der Waals surface area contributed by atoms with E-state index in [2.05, 4.69) is 265 Å². The Kier molecular flexibility index (Phi) is 14.3. The summed E-state index contributed by atoms with van der Waals surface area (Å²) in [5.41, 5.74) is 10.5. The standard InChI is InChI=1S/4C16H12N.2ClH.2Zr/c4*1-17-14-9-5-4-8-13(14)16-12-7-3-2-6-11(12)10-15(16)17;;;;/h4*2-10H,1H3;2*1H;;/q4*-1;;;2*+2/p-2. The van der Waals surface area contributed by atoms with Gasteiger partial charge in [0.15, 0.2) is 0 Å². The number of aromatic nitrogens is 4. The van der Waals surface area contributed by atoms with Crippen molar-refractivity contribution in [3.63, 3.8) is 0 Å². The molecule has 0 spiro atoms. The van der Waals surface area contributed by atoms with Crippen LogP contribution in [0.15, 0.2) is 218 Å². The van der Waals surface area contributed by atoms with Crippen molar-refractivity contribution in [1.29, 1.82) is 0 Å². The summed E-state index contributed by atoms with van der Waals surface area (Å²) in [5, 5.41) is 21.7. The Balaban J connectivity index is 0.000000116. The molecule has 4 heterocycles. The Morgan fingerprint density at radius 3 is 0.611 bits per heavy atom. The molecule has 4 aromatic heterocycles. The fraction of sp³-hybridized carbons (Fsp3) is 0.0625. The fourth-order valence-corrected chi connectivity index (χ4v) is 11.5. The first-order valence-electron chi connectivity index (χ1n) is 23.5. The third-order valence-corrected chi connectivity index (χ3v) is 14.7. The molecule has 0 saturated heterocycles. The van der Waals surface area contributed by atoms with Crippen LogP contribution < -0.4 is 24.8 Å². The van der Waals surface area contributed by atoms with Crippen LogP contribution >= 0.6 is 0 Å². The molecule has 72 heavy (non-hydrogen) atoms. The zero-order chi connectivity index (χ0) is 45.6. The maximum atomic E-state index is 2.28. The summed E-state index contributed by atoms with van der Waals surface area (Å²) in [6.07, 6.45) is 0. The van der Waals surface area contributed by atoms with E-state index >= 15 is 0 Å². The van der Waals surface area contributed by atoms with Gasteiger partial charge in [-0.25, -0.2) is 0 Å². The van der Waals surface area contributed by atoms with Gasteiger partial charge in [0.1, 0.15) is 0 Å². The summed E-state index contributed by atoms with van der Waals surface area (Å²) in [6, 6.07) is 78.0. The number of aryl methyl sites for hydroxylation is 4. The van der Waals surface area contributed by atoms with Gasteiger partial charge in [0.25, 0.3) is 0 Å². The van der Waals surface area contributed by atoms with Crippen LogP contribution in [0.1, 0.15) is 0 Å². The molecule has 0 saturated carbocycles. The number of rotatable bonds is 0. The molecule has 8 heteroatoms. The third kappa shape index (κ3) is 7.94. The van der Waals surface area contributed by atoms with Gasteiger partial charge in [0.2, 0.25) is 0 Å². The molecule has 0 radical (unpaired) electrons. The second kappa shape index (κ2) is 20.3. The Morgan fingerprint density at radius 2 is 0.403 bits per heavy atom. The smallest absolute Gasteiger partial charge is 1.00 e. The van der Waals surface area contributed by atoms with Crippen molar-refractivity contribution in [1.82, 2.24) is 18.3 Å². The fourth-order valence-electron chi connectivity index (χ4n) is 11.5. The molecule has 0 amide bonds. The van der Waals surface area contributed by atoms with E-state index in [1.807, 2.05) is 0 Å². The largest absolute Gasteiger partial charge is 2.00 e. The minimum atomic E-state index is 0. The molecule has 348 valence electrons. The Bertz CT molecular complexity index is 3990. The number of nitrogens with zero attached hydrogens (tertiary/aromatic N) is 4. The molecule has 0 fully saturated rings. The van der Waals surface area contributed by atoms with E-state index in [0.717, 1.165) is 0 Å². The van der Waals surface area contributed by atoms with Crippen LogP contribution in [-0.2, 0) is 80.6 Å². The number of hydrogen-bond donors (Lipinski definition) is 0. The number of halogens is 2. The van der Waals surface area contributed by atoms with Gasteiger partial charge in [0.05, 0.1) is 0 Å². The summed E-state index contributed by atoms with van der Waals surface area (Å²) in [5.74, 6) is 0.